The van der Waals surface area contributed by atoms with E-state index in [1.54, 1.807) is 18.1 Å². The number of carbonyl (C=O) groups is 1. The summed E-state index contributed by atoms with van der Waals surface area (Å²) >= 11 is 0. The zero-order valence-electron chi connectivity index (χ0n) is 11.9. The van der Waals surface area contributed by atoms with E-state index in [-0.39, 0.29) is 17.0 Å². The van der Waals surface area contributed by atoms with Gasteiger partial charge >= 0.3 is 0 Å². The van der Waals surface area contributed by atoms with E-state index in [1.807, 2.05) is 6.92 Å². The Morgan fingerprint density at radius 3 is 2.60 bits per heavy atom. The number of halogens is 2. The van der Waals surface area contributed by atoms with Crippen molar-refractivity contribution >= 4 is 5.91 Å². The first kappa shape index (κ1) is 16.6. The Morgan fingerprint density at radius 1 is 1.30 bits per heavy atom. The molecule has 1 amide bonds. The SMILES string of the molecule is CCCCN(CCOC)C(=O)c1ccccc1C(F)F. The quantitative estimate of drug-likeness (QED) is 0.731. The second-order valence-electron chi connectivity index (χ2n) is 4.53. The Bertz CT molecular complexity index is 416. The van der Waals surface area contributed by atoms with Crippen molar-refractivity contribution in [1.29, 1.82) is 0 Å². The van der Waals surface area contributed by atoms with Crippen molar-refractivity contribution in [3.63, 3.8) is 0 Å². The summed E-state index contributed by atoms with van der Waals surface area (Å²) in [6.07, 6.45) is -0.870. The van der Waals surface area contributed by atoms with Crippen molar-refractivity contribution in [3.05, 3.63) is 35.4 Å². The number of amides is 1. The highest BCUT2D eigenvalue weighted by molar-refractivity contribution is 5.95. The van der Waals surface area contributed by atoms with Gasteiger partial charge in [-0.3, -0.25) is 4.79 Å². The minimum Gasteiger partial charge on any atom is -0.383 e. The van der Waals surface area contributed by atoms with Crippen LogP contribution in [0.2, 0.25) is 0 Å². The highest BCUT2D eigenvalue weighted by atomic mass is 19.3. The van der Waals surface area contributed by atoms with Gasteiger partial charge in [-0.2, -0.15) is 0 Å². The lowest BCUT2D eigenvalue weighted by Gasteiger charge is -2.23. The average Bonchev–Trinajstić information content (AvgIpc) is 2.46. The molecular weight excluding hydrogens is 264 g/mol. The van der Waals surface area contributed by atoms with Gasteiger partial charge in [0.1, 0.15) is 0 Å². The Hall–Kier alpha value is -1.49. The third-order valence-corrected chi connectivity index (χ3v) is 3.06. The Labute approximate surface area is 118 Å². The number of alkyl halides is 2. The summed E-state index contributed by atoms with van der Waals surface area (Å²) in [5, 5.41) is 0. The van der Waals surface area contributed by atoms with Crippen LogP contribution in [0.15, 0.2) is 24.3 Å². The highest BCUT2D eigenvalue weighted by Gasteiger charge is 2.21. The lowest BCUT2D eigenvalue weighted by atomic mass is 10.1. The molecule has 0 heterocycles. The van der Waals surface area contributed by atoms with Crippen LogP contribution in [0.5, 0.6) is 0 Å². The van der Waals surface area contributed by atoms with Crippen molar-refractivity contribution in [2.75, 3.05) is 26.8 Å². The second-order valence-corrected chi connectivity index (χ2v) is 4.53. The summed E-state index contributed by atoms with van der Waals surface area (Å²) in [5.41, 5.74) is -0.133. The molecule has 1 aromatic carbocycles. The lowest BCUT2D eigenvalue weighted by Crippen LogP contribution is -2.35. The predicted octanol–water partition coefficient (Wildman–Crippen LogP) is 3.51. The lowest BCUT2D eigenvalue weighted by molar-refractivity contribution is 0.0682. The summed E-state index contributed by atoms with van der Waals surface area (Å²) < 4.78 is 30.9. The van der Waals surface area contributed by atoms with Gasteiger partial charge in [0, 0.05) is 31.3 Å². The van der Waals surface area contributed by atoms with Crippen molar-refractivity contribution < 1.29 is 18.3 Å². The van der Waals surface area contributed by atoms with E-state index < -0.39 is 6.43 Å². The molecule has 0 bridgehead atoms. The molecule has 112 valence electrons. The van der Waals surface area contributed by atoms with E-state index in [9.17, 15) is 13.6 Å². The fourth-order valence-electron chi connectivity index (χ4n) is 1.92. The number of carbonyl (C=O) groups excluding carboxylic acids is 1. The van der Waals surface area contributed by atoms with Crippen molar-refractivity contribution in [2.24, 2.45) is 0 Å². The summed E-state index contributed by atoms with van der Waals surface area (Å²) in [7, 11) is 1.55. The van der Waals surface area contributed by atoms with Gasteiger partial charge in [0.25, 0.3) is 12.3 Å². The zero-order valence-corrected chi connectivity index (χ0v) is 11.9. The van der Waals surface area contributed by atoms with Crippen LogP contribution in [0, 0.1) is 0 Å². The molecule has 1 aromatic rings. The molecule has 0 aliphatic heterocycles. The van der Waals surface area contributed by atoms with Gasteiger partial charge in [-0.25, -0.2) is 8.78 Å². The molecule has 20 heavy (non-hydrogen) atoms. The maximum Gasteiger partial charge on any atom is 0.264 e. The van der Waals surface area contributed by atoms with E-state index in [2.05, 4.69) is 0 Å². The largest absolute Gasteiger partial charge is 0.383 e. The van der Waals surface area contributed by atoms with E-state index in [1.165, 1.54) is 18.2 Å². The van der Waals surface area contributed by atoms with Crippen LogP contribution in [-0.4, -0.2) is 37.6 Å². The number of hydrogen-bond acceptors (Lipinski definition) is 2. The maximum atomic E-state index is 13.0. The third kappa shape index (κ3) is 4.56. The van der Waals surface area contributed by atoms with Gasteiger partial charge < -0.3 is 9.64 Å². The number of hydrogen-bond donors (Lipinski definition) is 0. The molecule has 0 spiro atoms. The first-order valence-electron chi connectivity index (χ1n) is 6.77. The van der Waals surface area contributed by atoms with Gasteiger partial charge in [-0.15, -0.1) is 0 Å². The van der Waals surface area contributed by atoms with Crippen molar-refractivity contribution in [3.8, 4) is 0 Å². The maximum absolute atomic E-state index is 13.0. The first-order valence-corrected chi connectivity index (χ1v) is 6.77. The zero-order chi connectivity index (χ0) is 15.0. The molecule has 0 aliphatic carbocycles. The summed E-state index contributed by atoms with van der Waals surface area (Å²) in [6.45, 7) is 3.38. The van der Waals surface area contributed by atoms with Gasteiger partial charge in [0.2, 0.25) is 0 Å². The molecule has 0 aliphatic rings. The number of unbranched alkanes of at least 4 members (excludes halogenated alkanes) is 1. The third-order valence-electron chi connectivity index (χ3n) is 3.06. The topological polar surface area (TPSA) is 29.5 Å². The van der Waals surface area contributed by atoms with Crippen LogP contribution >= 0.6 is 0 Å². The number of ether oxygens (including phenoxy) is 1. The van der Waals surface area contributed by atoms with Crippen LogP contribution in [0.4, 0.5) is 8.78 Å². The van der Waals surface area contributed by atoms with E-state index in [4.69, 9.17) is 4.74 Å². The monoisotopic (exact) mass is 285 g/mol. The summed E-state index contributed by atoms with van der Waals surface area (Å²) in [4.78, 5) is 14.0. The molecule has 3 nitrogen and oxygen atoms in total. The molecule has 0 radical (unpaired) electrons. The van der Waals surface area contributed by atoms with Crippen LogP contribution < -0.4 is 0 Å². The van der Waals surface area contributed by atoms with Gasteiger partial charge in [-0.05, 0) is 12.5 Å². The number of nitrogens with zero attached hydrogens (tertiary/aromatic N) is 1. The molecule has 0 aromatic heterocycles. The predicted molar refractivity (Wildman–Crippen MR) is 74.1 cm³/mol. The van der Waals surface area contributed by atoms with Gasteiger partial charge in [0.05, 0.1) is 6.61 Å². The fraction of sp³-hybridized carbons (Fsp3) is 0.533. The summed E-state index contributed by atoms with van der Waals surface area (Å²) in [5.74, 6) is -0.355. The minimum absolute atomic E-state index is 0.0784. The molecule has 5 heteroatoms. The van der Waals surface area contributed by atoms with Gasteiger partial charge in [0.15, 0.2) is 0 Å². The van der Waals surface area contributed by atoms with Gasteiger partial charge in [-0.1, -0.05) is 31.5 Å². The van der Waals surface area contributed by atoms with Crippen molar-refractivity contribution in [1.82, 2.24) is 4.90 Å². The van der Waals surface area contributed by atoms with Crippen LogP contribution in [0.3, 0.4) is 0 Å². The van der Waals surface area contributed by atoms with Crippen LogP contribution in [0.25, 0.3) is 0 Å². The standard InChI is InChI=1S/C15H21F2NO2/c1-3-4-9-18(10-11-20-2)15(19)13-8-6-5-7-12(13)14(16)17/h5-8,14H,3-4,9-11H2,1-2H3. The molecule has 1 rings (SSSR count). The normalized spacial score (nSPS) is 10.8. The molecule has 0 N–H and O–H groups in total. The number of rotatable bonds is 8. The smallest absolute Gasteiger partial charge is 0.264 e. The van der Waals surface area contributed by atoms with Crippen molar-refractivity contribution in [2.45, 2.75) is 26.2 Å². The Morgan fingerprint density at radius 2 is 2.00 bits per heavy atom. The van der Waals surface area contributed by atoms with Crippen LogP contribution in [0.1, 0.15) is 42.1 Å². The Balaban J connectivity index is 2.92. The van der Waals surface area contributed by atoms with E-state index in [0.29, 0.717) is 19.7 Å². The van der Waals surface area contributed by atoms with E-state index >= 15 is 0 Å². The molecular formula is C15H21F2NO2. The molecule has 0 atom stereocenters. The molecule has 0 saturated carbocycles. The summed E-state index contributed by atoms with van der Waals surface area (Å²) in [6, 6.07) is 5.87. The minimum atomic E-state index is -2.65. The Kier molecular flexibility index (Phi) is 7.15. The van der Waals surface area contributed by atoms with Crippen LogP contribution in [-0.2, 0) is 4.74 Å². The second kappa shape index (κ2) is 8.64. The fourth-order valence-corrected chi connectivity index (χ4v) is 1.92. The molecule has 0 unspecified atom stereocenters. The number of benzene rings is 1. The molecule has 0 saturated heterocycles. The molecule has 0 fully saturated rings. The van der Waals surface area contributed by atoms with E-state index in [0.717, 1.165) is 12.8 Å². The highest BCUT2D eigenvalue weighted by Crippen LogP contribution is 2.23. The first-order chi connectivity index (χ1) is 9.61. The number of methoxy groups -OCH3 is 1. The average molecular weight is 285 g/mol.